The number of phenolic OH excluding ortho intramolecular Hbond substituents is 1. The van der Waals surface area contributed by atoms with Gasteiger partial charge in [0.05, 0.1) is 11.1 Å². The number of hydrogen-bond acceptors (Lipinski definition) is 8. The van der Waals surface area contributed by atoms with E-state index in [1.807, 2.05) is 18.2 Å². The van der Waals surface area contributed by atoms with Crippen molar-refractivity contribution in [1.82, 2.24) is 20.0 Å². The van der Waals surface area contributed by atoms with Crippen LogP contribution in [0.1, 0.15) is 88.4 Å². The predicted molar refractivity (Wildman–Crippen MR) is 219 cm³/mol. The number of rotatable bonds is 14. The number of imide groups is 2. The molecule has 290 valence electrons. The van der Waals surface area contributed by atoms with Crippen molar-refractivity contribution in [3.8, 4) is 5.75 Å². The van der Waals surface area contributed by atoms with Crippen LogP contribution in [0.15, 0.2) is 97.1 Å². The van der Waals surface area contributed by atoms with E-state index in [2.05, 4.69) is 75.9 Å². The number of aromatic hydroxyl groups is 1. The van der Waals surface area contributed by atoms with Gasteiger partial charge in [0.1, 0.15) is 11.8 Å². The summed E-state index contributed by atoms with van der Waals surface area (Å²) in [6.07, 6.45) is 5.35. The van der Waals surface area contributed by atoms with E-state index >= 15 is 0 Å². The molecule has 2 saturated heterocycles. The average Bonchev–Trinajstić information content (AvgIpc) is 3.32. The molecule has 0 radical (unpaired) electrons. The van der Waals surface area contributed by atoms with Crippen molar-refractivity contribution in [2.24, 2.45) is 0 Å². The van der Waals surface area contributed by atoms with E-state index in [-0.39, 0.29) is 35.6 Å². The number of amides is 4. The van der Waals surface area contributed by atoms with Crippen molar-refractivity contribution >= 4 is 40.5 Å². The number of fused-ring (bicyclic) bond motifs is 1. The van der Waals surface area contributed by atoms with Gasteiger partial charge >= 0.3 is 0 Å². The number of phenols is 1. The molecule has 3 aliphatic heterocycles. The molecular weight excluding hydrogens is 703 g/mol. The third-order valence-corrected chi connectivity index (χ3v) is 11.2. The Bertz CT molecular complexity index is 2080. The predicted octanol–water partition coefficient (Wildman–Crippen LogP) is 6.61. The van der Waals surface area contributed by atoms with Crippen LogP contribution >= 0.6 is 0 Å². The summed E-state index contributed by atoms with van der Waals surface area (Å²) < 4.78 is 0. The molecule has 0 aromatic heterocycles. The third kappa shape index (κ3) is 8.93. The number of benzene rings is 4. The monoisotopic (exact) mass is 753 g/mol. The number of hydrogen-bond donors (Lipinski definition) is 3. The molecule has 2 fully saturated rings. The fraction of sp³-hybridized carbons (Fsp3) is 0.348. The van der Waals surface area contributed by atoms with Gasteiger partial charge in [0.15, 0.2) is 0 Å². The molecule has 0 aliphatic carbocycles. The Labute approximate surface area is 329 Å². The first-order chi connectivity index (χ1) is 27.3. The van der Waals surface area contributed by atoms with E-state index in [4.69, 9.17) is 0 Å². The topological polar surface area (TPSA) is 122 Å². The van der Waals surface area contributed by atoms with Crippen LogP contribution in [-0.2, 0) is 16.0 Å². The number of nitrogens with one attached hydrogen (secondary N) is 2. The first kappa shape index (κ1) is 38.7. The molecule has 3 heterocycles. The number of anilines is 1. The highest BCUT2D eigenvalue weighted by Crippen LogP contribution is 2.35. The van der Waals surface area contributed by atoms with Gasteiger partial charge in [0.25, 0.3) is 11.8 Å². The van der Waals surface area contributed by atoms with Crippen LogP contribution in [0.2, 0.25) is 0 Å². The number of piperidine rings is 1. The lowest BCUT2D eigenvalue weighted by molar-refractivity contribution is -0.136. The van der Waals surface area contributed by atoms with E-state index in [9.17, 15) is 24.3 Å². The molecule has 56 heavy (non-hydrogen) atoms. The van der Waals surface area contributed by atoms with Crippen molar-refractivity contribution in [2.45, 2.75) is 57.9 Å². The molecule has 3 aliphatic rings. The minimum absolute atomic E-state index is 0.0983. The Morgan fingerprint density at radius 1 is 0.750 bits per heavy atom. The first-order valence-corrected chi connectivity index (χ1v) is 20.0. The maximum Gasteiger partial charge on any atom is 0.262 e. The zero-order chi connectivity index (χ0) is 39.0. The molecule has 0 spiro atoms. The number of carbonyl (C=O) groups is 4. The highest BCUT2D eigenvalue weighted by atomic mass is 16.3. The van der Waals surface area contributed by atoms with Crippen LogP contribution in [0.4, 0.5) is 5.69 Å². The lowest BCUT2D eigenvalue weighted by atomic mass is 9.87. The van der Waals surface area contributed by atoms with Crippen molar-refractivity contribution in [2.75, 3.05) is 51.1 Å². The standard InChI is InChI=1S/C46H51N5O5/c1-2-38(33-10-4-3-5-11-33)43(35-16-19-37(52)20-17-35)34-14-12-32(13-15-34)9-6-25-49-27-8-28-50(30-29-49)26-7-24-47-36-18-21-39-40(31-36)46(56)51(45(39)55)41-22-23-42(53)48-44(41)54/h3-5,10-21,31,41,47,52H,2,6-9,22-30H2,1H3,(H,48,53,54)/b43-38+. The van der Waals surface area contributed by atoms with Gasteiger partial charge in [-0.25, -0.2) is 0 Å². The van der Waals surface area contributed by atoms with Crippen LogP contribution in [0, 0.1) is 0 Å². The summed E-state index contributed by atoms with van der Waals surface area (Å²) in [6.45, 7) is 9.24. The Morgan fingerprint density at radius 2 is 1.41 bits per heavy atom. The number of allylic oxidation sites excluding steroid dienone is 1. The molecule has 4 aromatic rings. The van der Waals surface area contributed by atoms with Gasteiger partial charge in [-0.15, -0.1) is 0 Å². The van der Waals surface area contributed by atoms with Crippen molar-refractivity contribution < 1.29 is 24.3 Å². The maximum absolute atomic E-state index is 13.2. The lowest BCUT2D eigenvalue weighted by Gasteiger charge is -2.27. The van der Waals surface area contributed by atoms with E-state index in [0.717, 1.165) is 94.1 Å². The third-order valence-electron chi connectivity index (χ3n) is 11.2. The Morgan fingerprint density at radius 3 is 2.09 bits per heavy atom. The average molecular weight is 754 g/mol. The number of nitrogens with zero attached hydrogens (tertiary/aromatic N) is 3. The van der Waals surface area contributed by atoms with Crippen molar-refractivity contribution in [1.29, 1.82) is 0 Å². The molecule has 0 bridgehead atoms. The summed E-state index contributed by atoms with van der Waals surface area (Å²) in [7, 11) is 0. The van der Waals surface area contributed by atoms with Gasteiger partial charge < -0.3 is 20.2 Å². The summed E-state index contributed by atoms with van der Waals surface area (Å²) >= 11 is 0. The van der Waals surface area contributed by atoms with Crippen molar-refractivity contribution in [3.05, 3.63) is 130 Å². The van der Waals surface area contributed by atoms with Gasteiger partial charge in [-0.1, -0.05) is 73.7 Å². The second-order valence-electron chi connectivity index (χ2n) is 14.9. The Balaban J connectivity index is 0.860. The highest BCUT2D eigenvalue weighted by Gasteiger charge is 2.44. The largest absolute Gasteiger partial charge is 0.508 e. The van der Waals surface area contributed by atoms with Crippen LogP contribution in [-0.4, -0.2) is 95.3 Å². The van der Waals surface area contributed by atoms with E-state index in [1.165, 1.54) is 27.8 Å². The van der Waals surface area contributed by atoms with Gasteiger partial charge in [0.2, 0.25) is 11.8 Å². The summed E-state index contributed by atoms with van der Waals surface area (Å²) in [5.74, 6) is -1.71. The summed E-state index contributed by atoms with van der Waals surface area (Å²) in [4.78, 5) is 56.2. The van der Waals surface area contributed by atoms with Gasteiger partial charge in [0, 0.05) is 31.7 Å². The second kappa shape index (κ2) is 17.9. The molecule has 1 atom stereocenters. The molecular formula is C46H51N5O5. The van der Waals surface area contributed by atoms with Gasteiger partial charge in [-0.05, 0) is 128 Å². The quantitative estimate of drug-likeness (QED) is 0.0748. The Hall–Kier alpha value is -5.58. The van der Waals surface area contributed by atoms with Crippen LogP contribution < -0.4 is 10.6 Å². The molecule has 3 N–H and O–H groups in total. The smallest absolute Gasteiger partial charge is 0.262 e. The molecule has 1 unspecified atom stereocenters. The zero-order valence-corrected chi connectivity index (χ0v) is 32.1. The zero-order valence-electron chi connectivity index (χ0n) is 32.1. The Kier molecular flexibility index (Phi) is 12.4. The number of aryl methyl sites for hydroxylation is 1. The number of carbonyl (C=O) groups excluding carboxylic acids is 4. The SMILES string of the molecule is CC/C(=C(\c1ccc(O)cc1)c1ccc(CCCN2CCCN(CCCNc3ccc4c(c3)C(=O)N(C3CCC(=O)NC3=O)C4=O)CC2)cc1)c1ccccc1. The normalized spacial score (nSPS) is 18.4. The molecule has 4 amide bonds. The van der Waals surface area contributed by atoms with Crippen molar-refractivity contribution in [3.63, 3.8) is 0 Å². The van der Waals surface area contributed by atoms with Crippen LogP contribution in [0.25, 0.3) is 11.1 Å². The first-order valence-electron chi connectivity index (χ1n) is 20.0. The summed E-state index contributed by atoms with van der Waals surface area (Å²) in [5, 5.41) is 15.6. The molecule has 4 aromatic carbocycles. The van der Waals surface area contributed by atoms with Gasteiger partial charge in [-0.3, -0.25) is 29.4 Å². The minimum Gasteiger partial charge on any atom is -0.508 e. The molecule has 10 heteroatoms. The lowest BCUT2D eigenvalue weighted by Crippen LogP contribution is -2.54. The summed E-state index contributed by atoms with van der Waals surface area (Å²) in [6, 6.07) is 31.3. The van der Waals surface area contributed by atoms with E-state index in [1.54, 1.807) is 30.3 Å². The van der Waals surface area contributed by atoms with E-state index < -0.39 is 23.8 Å². The molecule has 0 saturated carbocycles. The molecule has 7 rings (SSSR count). The summed E-state index contributed by atoms with van der Waals surface area (Å²) in [5.41, 5.74) is 8.66. The molecule has 10 nitrogen and oxygen atoms in total. The second-order valence-corrected chi connectivity index (χ2v) is 14.9. The fourth-order valence-corrected chi connectivity index (χ4v) is 8.24. The van der Waals surface area contributed by atoms with E-state index in [0.29, 0.717) is 0 Å². The maximum atomic E-state index is 13.2. The minimum atomic E-state index is -0.964. The highest BCUT2D eigenvalue weighted by molar-refractivity contribution is 6.23. The van der Waals surface area contributed by atoms with Crippen LogP contribution in [0.3, 0.4) is 0 Å². The van der Waals surface area contributed by atoms with Gasteiger partial charge in [-0.2, -0.15) is 0 Å². The van der Waals surface area contributed by atoms with Crippen LogP contribution in [0.5, 0.6) is 5.75 Å². The fourth-order valence-electron chi connectivity index (χ4n) is 8.24.